The average Bonchev–Trinajstić information content (AvgIpc) is 3.06. The summed E-state index contributed by atoms with van der Waals surface area (Å²) < 4.78 is 46.2. The molecule has 1 atom stereocenters. The fraction of sp³-hybridized carbons (Fsp3) is 0.562. The molecule has 1 saturated carbocycles. The van der Waals surface area contributed by atoms with Crippen molar-refractivity contribution < 1.29 is 22.3 Å². The molecule has 1 aromatic rings. The van der Waals surface area contributed by atoms with Gasteiger partial charge in [-0.05, 0) is 43.9 Å². The molecule has 24 heavy (non-hydrogen) atoms. The van der Waals surface area contributed by atoms with Crippen molar-refractivity contribution in [2.24, 2.45) is 11.7 Å². The first kappa shape index (κ1) is 18.8. The maximum Gasteiger partial charge on any atom is 0.338 e. The van der Waals surface area contributed by atoms with E-state index >= 15 is 0 Å². The summed E-state index contributed by atoms with van der Waals surface area (Å²) in [6.45, 7) is 1.90. The molecule has 0 amide bonds. The third-order valence-corrected chi connectivity index (χ3v) is 5.69. The van der Waals surface area contributed by atoms with Crippen molar-refractivity contribution in [1.29, 1.82) is 0 Å². The van der Waals surface area contributed by atoms with Gasteiger partial charge in [0.05, 0.1) is 17.1 Å². The van der Waals surface area contributed by atoms with Crippen LogP contribution in [0, 0.1) is 11.7 Å². The number of nitrogens with two attached hydrogens (primary N) is 1. The summed E-state index contributed by atoms with van der Waals surface area (Å²) in [6, 6.07) is 2.56. The van der Waals surface area contributed by atoms with Gasteiger partial charge in [0.1, 0.15) is 5.82 Å². The smallest absolute Gasteiger partial charge is 0.338 e. The van der Waals surface area contributed by atoms with Gasteiger partial charge in [-0.2, -0.15) is 0 Å². The number of sulfonamides is 1. The first-order valence-electron chi connectivity index (χ1n) is 8.07. The Morgan fingerprint density at radius 3 is 2.62 bits per heavy atom. The van der Waals surface area contributed by atoms with E-state index < -0.39 is 27.9 Å². The summed E-state index contributed by atoms with van der Waals surface area (Å²) in [4.78, 5) is 11.4. The van der Waals surface area contributed by atoms with Crippen molar-refractivity contribution in [3.63, 3.8) is 0 Å². The lowest BCUT2D eigenvalue weighted by Crippen LogP contribution is -2.44. The van der Waals surface area contributed by atoms with Gasteiger partial charge in [0.25, 0.3) is 0 Å². The summed E-state index contributed by atoms with van der Waals surface area (Å²) in [7, 11) is -3.98. The summed E-state index contributed by atoms with van der Waals surface area (Å²) in [6.07, 6.45) is 3.94. The van der Waals surface area contributed by atoms with Crippen molar-refractivity contribution in [2.75, 3.05) is 13.2 Å². The van der Waals surface area contributed by atoms with E-state index in [1.807, 2.05) is 0 Å². The molecular formula is C16H23FN2O4S. The highest BCUT2D eigenvalue weighted by atomic mass is 32.2. The van der Waals surface area contributed by atoms with Crippen LogP contribution in [0.4, 0.5) is 4.39 Å². The SMILES string of the molecule is CCOC(=O)c1cc(F)cc(S(=O)(=O)NC(CN)C2CCCC2)c1. The highest BCUT2D eigenvalue weighted by Gasteiger charge is 2.29. The van der Waals surface area contributed by atoms with Gasteiger partial charge in [-0.25, -0.2) is 22.3 Å². The van der Waals surface area contributed by atoms with Gasteiger partial charge in [-0.3, -0.25) is 0 Å². The number of carbonyl (C=O) groups excluding carboxylic acids is 1. The maximum absolute atomic E-state index is 13.8. The van der Waals surface area contributed by atoms with Gasteiger partial charge in [0.15, 0.2) is 0 Å². The van der Waals surface area contributed by atoms with Crippen LogP contribution in [0.3, 0.4) is 0 Å². The van der Waals surface area contributed by atoms with Crippen LogP contribution in [0.1, 0.15) is 43.0 Å². The Kier molecular flexibility index (Phi) is 6.31. The number of hydrogen-bond acceptors (Lipinski definition) is 5. The Morgan fingerprint density at radius 1 is 1.38 bits per heavy atom. The highest BCUT2D eigenvalue weighted by Crippen LogP contribution is 2.28. The molecule has 0 saturated heterocycles. The van der Waals surface area contributed by atoms with Crippen LogP contribution < -0.4 is 10.5 Å². The minimum atomic E-state index is -3.98. The highest BCUT2D eigenvalue weighted by molar-refractivity contribution is 7.89. The lowest BCUT2D eigenvalue weighted by atomic mass is 9.99. The van der Waals surface area contributed by atoms with Crippen molar-refractivity contribution in [1.82, 2.24) is 4.72 Å². The molecule has 1 aliphatic rings. The number of esters is 1. The number of ether oxygens (including phenoxy) is 1. The monoisotopic (exact) mass is 358 g/mol. The molecule has 1 unspecified atom stereocenters. The lowest BCUT2D eigenvalue weighted by molar-refractivity contribution is 0.0525. The molecule has 0 spiro atoms. The largest absolute Gasteiger partial charge is 0.462 e. The summed E-state index contributed by atoms with van der Waals surface area (Å²) >= 11 is 0. The number of benzene rings is 1. The van der Waals surface area contributed by atoms with Crippen molar-refractivity contribution in [2.45, 2.75) is 43.5 Å². The van der Waals surface area contributed by atoms with Gasteiger partial charge in [-0.1, -0.05) is 12.8 Å². The lowest BCUT2D eigenvalue weighted by Gasteiger charge is -2.23. The fourth-order valence-corrected chi connectivity index (χ4v) is 4.39. The van der Waals surface area contributed by atoms with Crippen molar-refractivity contribution in [3.8, 4) is 0 Å². The summed E-state index contributed by atoms with van der Waals surface area (Å²) in [5.41, 5.74) is 5.57. The zero-order chi connectivity index (χ0) is 17.7. The summed E-state index contributed by atoms with van der Waals surface area (Å²) in [5.74, 6) is -1.39. The topological polar surface area (TPSA) is 98.5 Å². The van der Waals surface area contributed by atoms with E-state index in [-0.39, 0.29) is 29.5 Å². The first-order valence-corrected chi connectivity index (χ1v) is 9.55. The first-order chi connectivity index (χ1) is 11.4. The quantitative estimate of drug-likeness (QED) is 0.724. The molecule has 1 fully saturated rings. The molecule has 1 aromatic carbocycles. The van der Waals surface area contributed by atoms with Gasteiger partial charge < -0.3 is 10.5 Å². The minimum absolute atomic E-state index is 0.118. The summed E-state index contributed by atoms with van der Waals surface area (Å²) in [5, 5.41) is 0. The van der Waals surface area contributed by atoms with E-state index in [1.54, 1.807) is 6.92 Å². The molecular weight excluding hydrogens is 335 g/mol. The molecule has 134 valence electrons. The second kappa shape index (κ2) is 8.04. The van der Waals surface area contributed by atoms with E-state index in [2.05, 4.69) is 4.72 Å². The zero-order valence-corrected chi connectivity index (χ0v) is 14.4. The second-order valence-corrected chi connectivity index (χ2v) is 7.62. The third kappa shape index (κ3) is 4.52. The van der Waals surface area contributed by atoms with E-state index in [4.69, 9.17) is 10.5 Å². The molecule has 0 bridgehead atoms. The Morgan fingerprint density at radius 2 is 2.04 bits per heavy atom. The average molecular weight is 358 g/mol. The molecule has 8 heteroatoms. The molecule has 0 radical (unpaired) electrons. The number of hydrogen-bond donors (Lipinski definition) is 2. The molecule has 0 aliphatic heterocycles. The number of carbonyl (C=O) groups is 1. The van der Waals surface area contributed by atoms with Crippen LogP contribution in [-0.4, -0.2) is 33.6 Å². The Hall–Kier alpha value is -1.51. The molecule has 3 N–H and O–H groups in total. The van der Waals surface area contributed by atoms with E-state index in [0.29, 0.717) is 0 Å². The molecule has 1 aliphatic carbocycles. The second-order valence-electron chi connectivity index (χ2n) is 5.90. The van der Waals surface area contributed by atoms with Gasteiger partial charge in [-0.15, -0.1) is 0 Å². The van der Waals surface area contributed by atoms with E-state index in [1.165, 1.54) is 0 Å². The molecule has 2 rings (SSSR count). The molecule has 0 aromatic heterocycles. The third-order valence-electron chi connectivity index (χ3n) is 4.22. The van der Waals surface area contributed by atoms with Crippen molar-refractivity contribution in [3.05, 3.63) is 29.6 Å². The number of halogens is 1. The van der Waals surface area contributed by atoms with Crippen LogP contribution in [0.15, 0.2) is 23.1 Å². The Labute approximate surface area is 141 Å². The zero-order valence-electron chi connectivity index (χ0n) is 13.6. The van der Waals surface area contributed by atoms with E-state index in [0.717, 1.165) is 43.9 Å². The molecule has 6 nitrogen and oxygen atoms in total. The molecule has 0 heterocycles. The van der Waals surface area contributed by atoms with Crippen LogP contribution >= 0.6 is 0 Å². The Bertz CT molecular complexity index is 687. The number of rotatable bonds is 7. The maximum atomic E-state index is 13.8. The van der Waals surface area contributed by atoms with Gasteiger partial charge >= 0.3 is 5.97 Å². The Balaban J connectivity index is 2.26. The fourth-order valence-electron chi connectivity index (χ4n) is 3.01. The van der Waals surface area contributed by atoms with Crippen LogP contribution in [-0.2, 0) is 14.8 Å². The predicted molar refractivity (Wildman–Crippen MR) is 87.5 cm³/mol. The normalized spacial score (nSPS) is 17.0. The van der Waals surface area contributed by atoms with Crippen LogP contribution in [0.25, 0.3) is 0 Å². The van der Waals surface area contributed by atoms with Gasteiger partial charge in [0.2, 0.25) is 10.0 Å². The van der Waals surface area contributed by atoms with Crippen LogP contribution in [0.5, 0.6) is 0 Å². The number of nitrogens with one attached hydrogen (secondary N) is 1. The minimum Gasteiger partial charge on any atom is -0.462 e. The standard InChI is InChI=1S/C16H23FN2O4S/c1-2-23-16(20)12-7-13(17)9-14(8-12)24(21,22)19-15(10-18)11-5-3-4-6-11/h7-9,11,15,19H,2-6,10,18H2,1H3. The predicted octanol–water partition coefficient (Wildman–Crippen LogP) is 1.80. The van der Waals surface area contributed by atoms with E-state index in [9.17, 15) is 17.6 Å². The van der Waals surface area contributed by atoms with Crippen molar-refractivity contribution >= 4 is 16.0 Å². The van der Waals surface area contributed by atoms with Crippen LogP contribution in [0.2, 0.25) is 0 Å². The van der Waals surface area contributed by atoms with Gasteiger partial charge in [0, 0.05) is 12.6 Å².